The Labute approximate surface area is 128 Å². The molecule has 0 bridgehead atoms. The molecule has 0 saturated carbocycles. The first kappa shape index (κ1) is 14.7. The van der Waals surface area contributed by atoms with Gasteiger partial charge in [0.1, 0.15) is 6.33 Å². The van der Waals surface area contributed by atoms with Gasteiger partial charge in [-0.3, -0.25) is 4.79 Å². The number of aryl methyl sites for hydroxylation is 1. The molecule has 0 aromatic carbocycles. The Kier molecular flexibility index (Phi) is 4.17. The van der Waals surface area contributed by atoms with E-state index >= 15 is 0 Å². The summed E-state index contributed by atoms with van der Waals surface area (Å²) in [6.07, 6.45) is 3.31. The summed E-state index contributed by atoms with van der Waals surface area (Å²) in [7, 11) is 0. The minimum atomic E-state index is -0.130. The maximum Gasteiger partial charge on any atom is 0.310 e. The van der Waals surface area contributed by atoms with E-state index < -0.39 is 0 Å². The molecule has 2 aromatic rings. The molecule has 1 aliphatic heterocycles. The molecule has 0 unspecified atom stereocenters. The van der Waals surface area contributed by atoms with Gasteiger partial charge in [0.2, 0.25) is 0 Å². The Morgan fingerprint density at radius 1 is 1.41 bits per heavy atom. The highest BCUT2D eigenvalue weighted by molar-refractivity contribution is 5.83. The van der Waals surface area contributed by atoms with Gasteiger partial charge >= 0.3 is 5.97 Å². The largest absolute Gasteiger partial charge is 0.466 e. The van der Waals surface area contributed by atoms with Crippen LogP contribution in [-0.4, -0.2) is 50.6 Å². The standard InChI is InChI=1S/C14H20N6O2/c1-3-20-13-11(17-18-20)12(15-9-16-13)19-7-5-6-10(8-19)14(21)22-4-2/h9-10H,3-8H2,1-2H3/t10-/m1/s1. The van der Waals surface area contributed by atoms with Gasteiger partial charge in [-0.15, -0.1) is 5.10 Å². The Bertz CT molecular complexity index is 670. The first-order valence-corrected chi connectivity index (χ1v) is 7.70. The number of fused-ring (bicyclic) bond motifs is 1. The second-order valence-corrected chi connectivity index (χ2v) is 5.31. The van der Waals surface area contributed by atoms with Crippen LogP contribution in [0, 0.1) is 5.92 Å². The van der Waals surface area contributed by atoms with Gasteiger partial charge in [0.05, 0.1) is 12.5 Å². The number of hydrogen-bond acceptors (Lipinski definition) is 7. The second-order valence-electron chi connectivity index (χ2n) is 5.31. The van der Waals surface area contributed by atoms with Crippen LogP contribution in [0.4, 0.5) is 5.82 Å². The molecule has 0 radical (unpaired) electrons. The summed E-state index contributed by atoms with van der Waals surface area (Å²) in [5.41, 5.74) is 1.42. The minimum Gasteiger partial charge on any atom is -0.466 e. The Morgan fingerprint density at radius 3 is 3.05 bits per heavy atom. The Balaban J connectivity index is 1.87. The number of anilines is 1. The van der Waals surface area contributed by atoms with Crippen LogP contribution in [0.2, 0.25) is 0 Å². The second kappa shape index (κ2) is 6.25. The van der Waals surface area contributed by atoms with E-state index in [2.05, 4.69) is 25.2 Å². The van der Waals surface area contributed by atoms with E-state index in [0.29, 0.717) is 25.2 Å². The van der Waals surface area contributed by atoms with Crippen molar-refractivity contribution in [3.05, 3.63) is 6.33 Å². The number of aromatic nitrogens is 5. The molecule has 8 nitrogen and oxygen atoms in total. The van der Waals surface area contributed by atoms with Crippen LogP contribution in [0.1, 0.15) is 26.7 Å². The lowest BCUT2D eigenvalue weighted by molar-refractivity contribution is -0.148. The SMILES string of the molecule is CCOC(=O)[C@@H]1CCCN(c2ncnc3c2nnn3CC)C1. The zero-order chi connectivity index (χ0) is 15.5. The van der Waals surface area contributed by atoms with Crippen LogP contribution in [0.15, 0.2) is 6.33 Å². The maximum absolute atomic E-state index is 12.0. The molecular formula is C14H20N6O2. The number of carbonyl (C=O) groups excluding carboxylic acids is 1. The van der Waals surface area contributed by atoms with Crippen LogP contribution in [0.3, 0.4) is 0 Å². The number of piperidine rings is 1. The van der Waals surface area contributed by atoms with Crippen molar-refractivity contribution in [2.24, 2.45) is 5.92 Å². The lowest BCUT2D eigenvalue weighted by atomic mass is 9.98. The molecular weight excluding hydrogens is 284 g/mol. The highest BCUT2D eigenvalue weighted by Crippen LogP contribution is 2.26. The molecule has 3 rings (SSSR count). The zero-order valence-electron chi connectivity index (χ0n) is 12.9. The topological polar surface area (TPSA) is 86.0 Å². The van der Waals surface area contributed by atoms with Crippen molar-refractivity contribution >= 4 is 23.0 Å². The quantitative estimate of drug-likeness (QED) is 0.779. The maximum atomic E-state index is 12.0. The average Bonchev–Trinajstić information content (AvgIpc) is 2.98. The number of nitrogens with zero attached hydrogens (tertiary/aromatic N) is 6. The van der Waals surface area contributed by atoms with Crippen molar-refractivity contribution in [2.45, 2.75) is 33.2 Å². The molecule has 8 heteroatoms. The third-order valence-electron chi connectivity index (χ3n) is 3.92. The van der Waals surface area contributed by atoms with E-state index in [1.807, 2.05) is 13.8 Å². The van der Waals surface area contributed by atoms with Gasteiger partial charge in [-0.2, -0.15) is 0 Å². The predicted octanol–water partition coefficient (Wildman–Crippen LogP) is 1.02. The van der Waals surface area contributed by atoms with Gasteiger partial charge in [0.25, 0.3) is 0 Å². The summed E-state index contributed by atoms with van der Waals surface area (Å²) in [6, 6.07) is 0. The van der Waals surface area contributed by atoms with E-state index in [1.54, 1.807) is 4.68 Å². The third-order valence-corrected chi connectivity index (χ3v) is 3.92. The molecule has 2 aromatic heterocycles. The average molecular weight is 304 g/mol. The number of carbonyl (C=O) groups is 1. The van der Waals surface area contributed by atoms with Gasteiger partial charge in [-0.25, -0.2) is 14.6 Å². The Morgan fingerprint density at radius 2 is 2.27 bits per heavy atom. The summed E-state index contributed by atoms with van der Waals surface area (Å²) >= 11 is 0. The van der Waals surface area contributed by atoms with Crippen molar-refractivity contribution in [2.75, 3.05) is 24.6 Å². The fourth-order valence-corrected chi connectivity index (χ4v) is 2.85. The number of rotatable bonds is 4. The van der Waals surface area contributed by atoms with E-state index in [-0.39, 0.29) is 11.9 Å². The molecule has 3 heterocycles. The summed E-state index contributed by atoms with van der Waals surface area (Å²) in [4.78, 5) is 22.7. The van der Waals surface area contributed by atoms with E-state index in [4.69, 9.17) is 4.74 Å². The van der Waals surface area contributed by atoms with Gasteiger partial charge in [0.15, 0.2) is 17.0 Å². The van der Waals surface area contributed by atoms with Gasteiger partial charge in [0, 0.05) is 19.6 Å². The van der Waals surface area contributed by atoms with Crippen molar-refractivity contribution in [1.82, 2.24) is 25.0 Å². The summed E-state index contributed by atoms with van der Waals surface area (Å²) in [5, 5.41) is 8.30. The monoisotopic (exact) mass is 304 g/mol. The number of esters is 1. The zero-order valence-corrected chi connectivity index (χ0v) is 12.9. The summed E-state index contributed by atoms with van der Waals surface area (Å²) < 4.78 is 6.89. The molecule has 0 amide bonds. The van der Waals surface area contributed by atoms with Crippen LogP contribution < -0.4 is 4.90 Å². The van der Waals surface area contributed by atoms with Crippen molar-refractivity contribution < 1.29 is 9.53 Å². The molecule has 1 fully saturated rings. The van der Waals surface area contributed by atoms with Gasteiger partial charge in [-0.05, 0) is 26.7 Å². The molecule has 0 N–H and O–H groups in total. The fraction of sp³-hybridized carbons (Fsp3) is 0.643. The molecule has 0 aliphatic carbocycles. The lowest BCUT2D eigenvalue weighted by Crippen LogP contribution is -2.40. The Hall–Kier alpha value is -2.25. The molecule has 118 valence electrons. The van der Waals surface area contributed by atoms with Crippen LogP contribution in [0.25, 0.3) is 11.2 Å². The highest BCUT2D eigenvalue weighted by Gasteiger charge is 2.29. The van der Waals surface area contributed by atoms with E-state index in [0.717, 1.165) is 30.9 Å². The smallest absolute Gasteiger partial charge is 0.310 e. The van der Waals surface area contributed by atoms with E-state index in [9.17, 15) is 4.79 Å². The highest BCUT2D eigenvalue weighted by atomic mass is 16.5. The molecule has 1 saturated heterocycles. The fourth-order valence-electron chi connectivity index (χ4n) is 2.85. The van der Waals surface area contributed by atoms with Crippen LogP contribution in [-0.2, 0) is 16.1 Å². The number of hydrogen-bond donors (Lipinski definition) is 0. The van der Waals surface area contributed by atoms with Crippen molar-refractivity contribution in [3.8, 4) is 0 Å². The molecule has 1 aliphatic rings. The molecule has 0 spiro atoms. The normalized spacial score (nSPS) is 18.6. The van der Waals surface area contributed by atoms with Crippen molar-refractivity contribution in [3.63, 3.8) is 0 Å². The first-order valence-electron chi connectivity index (χ1n) is 7.70. The van der Waals surface area contributed by atoms with E-state index in [1.165, 1.54) is 6.33 Å². The number of ether oxygens (including phenoxy) is 1. The lowest BCUT2D eigenvalue weighted by Gasteiger charge is -2.32. The van der Waals surface area contributed by atoms with Gasteiger partial charge in [-0.1, -0.05) is 5.21 Å². The molecule has 22 heavy (non-hydrogen) atoms. The third kappa shape index (κ3) is 2.60. The minimum absolute atomic E-state index is 0.111. The predicted molar refractivity (Wildman–Crippen MR) is 80.4 cm³/mol. The van der Waals surface area contributed by atoms with Crippen LogP contribution >= 0.6 is 0 Å². The van der Waals surface area contributed by atoms with Crippen molar-refractivity contribution in [1.29, 1.82) is 0 Å². The van der Waals surface area contributed by atoms with Gasteiger partial charge < -0.3 is 9.64 Å². The van der Waals surface area contributed by atoms with Crippen LogP contribution in [0.5, 0.6) is 0 Å². The first-order chi connectivity index (χ1) is 10.7. The summed E-state index contributed by atoms with van der Waals surface area (Å²) in [6.45, 7) is 6.39. The molecule has 1 atom stereocenters. The summed E-state index contributed by atoms with van der Waals surface area (Å²) in [5.74, 6) is 0.508.